The molecule has 1 N–H and O–H groups in total. The number of nitrogens with one attached hydrogen (secondary N) is 1. The van der Waals surface area contributed by atoms with E-state index in [0.29, 0.717) is 6.54 Å². The van der Waals surface area contributed by atoms with E-state index in [1.54, 1.807) is 17.1 Å². The Kier molecular flexibility index (Phi) is 5.40. The van der Waals surface area contributed by atoms with Gasteiger partial charge in [-0.25, -0.2) is 4.79 Å². The number of carbonyl (C=O) groups is 1. The molecule has 1 saturated heterocycles. The minimum absolute atomic E-state index is 0.0750. The van der Waals surface area contributed by atoms with Crippen LogP contribution in [0.25, 0.3) is 0 Å². The van der Waals surface area contributed by atoms with Crippen molar-refractivity contribution in [2.24, 2.45) is 7.05 Å². The highest BCUT2D eigenvalue weighted by molar-refractivity contribution is 5.89. The van der Waals surface area contributed by atoms with Crippen molar-refractivity contribution in [3.63, 3.8) is 0 Å². The van der Waals surface area contributed by atoms with Crippen molar-refractivity contribution in [2.75, 3.05) is 25.0 Å². The smallest absolute Gasteiger partial charge is 0.322 e. The second-order valence-corrected chi connectivity index (χ2v) is 5.27. The van der Waals surface area contributed by atoms with Gasteiger partial charge in [-0.2, -0.15) is 5.10 Å². The lowest BCUT2D eigenvalue weighted by molar-refractivity contribution is 0.00162. The fraction of sp³-hybridized carbons (Fsp3) is 0.714. The van der Waals surface area contributed by atoms with E-state index in [2.05, 4.69) is 17.3 Å². The third-order valence-corrected chi connectivity index (χ3v) is 3.43. The lowest BCUT2D eigenvalue weighted by atomic mass is 10.1. The summed E-state index contributed by atoms with van der Waals surface area (Å²) in [6.07, 6.45) is 7.92. The van der Waals surface area contributed by atoms with Crippen LogP contribution in [0.5, 0.6) is 0 Å². The summed E-state index contributed by atoms with van der Waals surface area (Å²) < 4.78 is 7.39. The predicted octanol–water partition coefficient (Wildman–Crippen LogP) is 2.23. The van der Waals surface area contributed by atoms with Gasteiger partial charge < -0.3 is 15.0 Å². The molecule has 0 unspecified atom stereocenters. The van der Waals surface area contributed by atoms with Gasteiger partial charge in [0, 0.05) is 32.9 Å². The number of ether oxygens (including phenoxy) is 1. The first-order chi connectivity index (χ1) is 9.69. The Bertz CT molecular complexity index is 427. The monoisotopic (exact) mass is 280 g/mol. The van der Waals surface area contributed by atoms with Gasteiger partial charge in [0.1, 0.15) is 0 Å². The molecule has 2 amide bonds. The molecule has 1 aromatic heterocycles. The average Bonchev–Trinajstić information content (AvgIpc) is 2.85. The number of rotatable bonds is 5. The van der Waals surface area contributed by atoms with E-state index in [0.717, 1.165) is 38.1 Å². The zero-order valence-corrected chi connectivity index (χ0v) is 12.3. The predicted molar refractivity (Wildman–Crippen MR) is 77.7 cm³/mol. The van der Waals surface area contributed by atoms with Crippen LogP contribution in [0.2, 0.25) is 0 Å². The molecule has 1 aliphatic rings. The van der Waals surface area contributed by atoms with Gasteiger partial charge in [0.05, 0.1) is 18.0 Å². The molecule has 1 aromatic rings. The minimum Gasteiger partial charge on any atom is -0.376 e. The van der Waals surface area contributed by atoms with E-state index < -0.39 is 0 Å². The lowest BCUT2D eigenvalue weighted by Crippen LogP contribution is -2.42. The molecule has 0 bridgehead atoms. The second kappa shape index (κ2) is 7.28. The van der Waals surface area contributed by atoms with Crippen molar-refractivity contribution in [1.82, 2.24) is 14.7 Å². The molecular weight excluding hydrogens is 256 g/mol. The maximum absolute atomic E-state index is 12.3. The van der Waals surface area contributed by atoms with Gasteiger partial charge in [-0.05, 0) is 25.7 Å². The summed E-state index contributed by atoms with van der Waals surface area (Å²) in [7, 11) is 1.83. The Balaban J connectivity index is 1.90. The van der Waals surface area contributed by atoms with Crippen molar-refractivity contribution in [3.05, 3.63) is 12.4 Å². The highest BCUT2D eigenvalue weighted by Gasteiger charge is 2.21. The maximum Gasteiger partial charge on any atom is 0.322 e. The first-order valence-electron chi connectivity index (χ1n) is 7.35. The third kappa shape index (κ3) is 4.23. The topological polar surface area (TPSA) is 59.4 Å². The summed E-state index contributed by atoms with van der Waals surface area (Å²) in [5.41, 5.74) is 0.725. The SMILES string of the molecule is CCCN(C[C@@H]1CCCCO1)C(=O)Nc1cnn(C)c1. The third-order valence-electron chi connectivity index (χ3n) is 3.43. The lowest BCUT2D eigenvalue weighted by Gasteiger charge is -2.29. The summed E-state index contributed by atoms with van der Waals surface area (Å²) in [4.78, 5) is 14.1. The molecule has 0 aliphatic carbocycles. The molecule has 0 aromatic carbocycles. The number of anilines is 1. The van der Waals surface area contributed by atoms with E-state index >= 15 is 0 Å². The zero-order valence-electron chi connectivity index (χ0n) is 12.3. The van der Waals surface area contributed by atoms with Gasteiger partial charge in [-0.15, -0.1) is 0 Å². The fourth-order valence-corrected chi connectivity index (χ4v) is 2.43. The van der Waals surface area contributed by atoms with Crippen LogP contribution in [-0.4, -0.2) is 46.5 Å². The number of carbonyl (C=O) groups excluding carboxylic acids is 1. The van der Waals surface area contributed by atoms with Crippen LogP contribution >= 0.6 is 0 Å². The summed E-state index contributed by atoms with van der Waals surface area (Å²) >= 11 is 0. The van der Waals surface area contributed by atoms with E-state index in [-0.39, 0.29) is 12.1 Å². The minimum atomic E-state index is -0.0750. The molecule has 0 spiro atoms. The van der Waals surface area contributed by atoms with Crippen LogP contribution < -0.4 is 5.32 Å². The standard InChI is InChI=1S/C14H24N4O2/c1-3-7-18(11-13-6-4-5-8-20-13)14(19)16-12-9-15-17(2)10-12/h9-10,13H,3-8,11H2,1-2H3,(H,16,19)/t13-/m0/s1. The van der Waals surface area contributed by atoms with Crippen LogP contribution in [0, 0.1) is 0 Å². The molecule has 20 heavy (non-hydrogen) atoms. The Morgan fingerprint density at radius 2 is 2.45 bits per heavy atom. The van der Waals surface area contributed by atoms with Gasteiger partial charge in [0.15, 0.2) is 0 Å². The molecule has 2 rings (SSSR count). The van der Waals surface area contributed by atoms with E-state index in [1.807, 2.05) is 11.9 Å². The van der Waals surface area contributed by atoms with Crippen LogP contribution in [0.15, 0.2) is 12.4 Å². The van der Waals surface area contributed by atoms with Crippen molar-refractivity contribution >= 4 is 11.7 Å². The molecule has 6 nitrogen and oxygen atoms in total. The Morgan fingerprint density at radius 1 is 1.60 bits per heavy atom. The second-order valence-electron chi connectivity index (χ2n) is 5.27. The summed E-state index contributed by atoms with van der Waals surface area (Å²) in [6, 6.07) is -0.0750. The highest BCUT2D eigenvalue weighted by atomic mass is 16.5. The number of hydrogen-bond donors (Lipinski definition) is 1. The molecular formula is C14H24N4O2. The van der Waals surface area contributed by atoms with Gasteiger partial charge in [0.25, 0.3) is 0 Å². The van der Waals surface area contributed by atoms with Crippen LogP contribution in [0.3, 0.4) is 0 Å². The number of hydrogen-bond acceptors (Lipinski definition) is 3. The molecule has 6 heteroatoms. The summed E-state index contributed by atoms with van der Waals surface area (Å²) in [6.45, 7) is 4.30. The van der Waals surface area contributed by atoms with Gasteiger partial charge in [-0.3, -0.25) is 4.68 Å². The Hall–Kier alpha value is -1.56. The maximum atomic E-state index is 12.3. The Labute approximate surface area is 120 Å². The molecule has 1 fully saturated rings. The summed E-state index contributed by atoms with van der Waals surface area (Å²) in [5.74, 6) is 0. The van der Waals surface area contributed by atoms with E-state index in [1.165, 1.54) is 6.42 Å². The molecule has 112 valence electrons. The van der Waals surface area contributed by atoms with Crippen molar-refractivity contribution in [3.8, 4) is 0 Å². The van der Waals surface area contributed by atoms with Crippen LogP contribution in [-0.2, 0) is 11.8 Å². The fourth-order valence-electron chi connectivity index (χ4n) is 2.43. The number of nitrogens with zero attached hydrogens (tertiary/aromatic N) is 3. The first kappa shape index (κ1) is 14.8. The average molecular weight is 280 g/mol. The number of amides is 2. The van der Waals surface area contributed by atoms with Crippen LogP contribution in [0.1, 0.15) is 32.6 Å². The van der Waals surface area contributed by atoms with Crippen LogP contribution in [0.4, 0.5) is 10.5 Å². The highest BCUT2D eigenvalue weighted by Crippen LogP contribution is 2.15. The van der Waals surface area contributed by atoms with Crippen molar-refractivity contribution < 1.29 is 9.53 Å². The molecule has 0 saturated carbocycles. The van der Waals surface area contributed by atoms with Gasteiger partial charge in [-0.1, -0.05) is 6.92 Å². The Morgan fingerprint density at radius 3 is 3.05 bits per heavy atom. The quantitative estimate of drug-likeness (QED) is 0.899. The molecule has 1 atom stereocenters. The normalized spacial score (nSPS) is 18.8. The van der Waals surface area contributed by atoms with Gasteiger partial charge in [0.2, 0.25) is 0 Å². The van der Waals surface area contributed by atoms with Crippen molar-refractivity contribution in [2.45, 2.75) is 38.7 Å². The first-order valence-corrected chi connectivity index (χ1v) is 7.35. The number of aromatic nitrogens is 2. The molecule has 1 aliphatic heterocycles. The number of urea groups is 1. The number of aryl methyl sites for hydroxylation is 1. The van der Waals surface area contributed by atoms with Crippen molar-refractivity contribution in [1.29, 1.82) is 0 Å². The molecule has 0 radical (unpaired) electrons. The van der Waals surface area contributed by atoms with E-state index in [9.17, 15) is 4.79 Å². The zero-order chi connectivity index (χ0) is 14.4. The molecule has 2 heterocycles. The van der Waals surface area contributed by atoms with Gasteiger partial charge >= 0.3 is 6.03 Å². The van der Waals surface area contributed by atoms with E-state index in [4.69, 9.17) is 4.74 Å². The largest absolute Gasteiger partial charge is 0.376 e. The summed E-state index contributed by atoms with van der Waals surface area (Å²) in [5, 5.41) is 6.93.